The smallest absolute Gasteiger partial charge is 0.303 e. The molecule has 1 aromatic heterocycles. The van der Waals surface area contributed by atoms with E-state index in [0.29, 0.717) is 5.56 Å². The van der Waals surface area contributed by atoms with Crippen molar-refractivity contribution in [1.82, 2.24) is 4.57 Å². The van der Waals surface area contributed by atoms with E-state index < -0.39 is 101 Å². The molecule has 1 N–H and O–H groups in total. The van der Waals surface area contributed by atoms with Crippen molar-refractivity contribution in [1.29, 1.82) is 0 Å². The Balaban J connectivity index is 1.91. The molecular weight excluding hydrogens is 565 g/mol. The Morgan fingerprint density at radius 2 is 1.56 bits per heavy atom. The van der Waals surface area contributed by atoms with Crippen LogP contribution >= 0.6 is 0 Å². The highest BCUT2D eigenvalue weighted by atomic mass is 19.1. The fourth-order valence-electron chi connectivity index (χ4n) is 5.12. The maximum atomic E-state index is 15.5. The van der Waals surface area contributed by atoms with Gasteiger partial charge in [0.15, 0.2) is 24.5 Å². The summed E-state index contributed by atoms with van der Waals surface area (Å²) in [5, 5.41) is 11.4. The van der Waals surface area contributed by atoms with Crippen molar-refractivity contribution in [2.24, 2.45) is 0 Å². The number of hydrogen-bond acceptors (Lipinski definition) is 10. The number of esters is 4. The second-order valence-electron chi connectivity index (χ2n) is 9.73. The summed E-state index contributed by atoms with van der Waals surface area (Å²) in [6.07, 6.45) is -7.37. The largest absolute Gasteiger partial charge is 0.463 e. The molecule has 1 aliphatic rings. The zero-order valence-corrected chi connectivity index (χ0v) is 23.3. The molecular formula is C31H34FNO10. The molecule has 0 bridgehead atoms. The van der Waals surface area contributed by atoms with Crippen LogP contribution in [0.4, 0.5) is 4.39 Å². The quantitative estimate of drug-likeness (QED) is 0.285. The molecule has 0 saturated carbocycles. The highest BCUT2D eigenvalue weighted by Gasteiger charge is 2.53. The Morgan fingerprint density at radius 3 is 2.19 bits per heavy atom. The minimum Gasteiger partial charge on any atom is -0.463 e. The van der Waals surface area contributed by atoms with Crippen molar-refractivity contribution < 1.29 is 57.8 Å². The van der Waals surface area contributed by atoms with Crippen molar-refractivity contribution in [3.63, 3.8) is 0 Å². The number of carbonyl (C=O) groups is 4. The molecule has 11 nitrogen and oxygen atoms in total. The monoisotopic (exact) mass is 603 g/mol. The first-order valence-electron chi connectivity index (χ1n) is 16.0. The Kier molecular flexibility index (Phi) is 8.18. The minimum atomic E-state index is -1.74. The zero-order valence-electron chi connectivity index (χ0n) is 27.3. The number of nitrogens with zero attached hydrogens (tertiary/aromatic N) is 1. The minimum absolute atomic E-state index is 0.0200. The lowest BCUT2D eigenvalue weighted by Gasteiger charge is -2.44. The van der Waals surface area contributed by atoms with E-state index in [1.54, 1.807) is 12.1 Å². The highest BCUT2D eigenvalue weighted by Crippen LogP contribution is 2.40. The lowest BCUT2D eigenvalue weighted by Crippen LogP contribution is -2.60. The number of benzene rings is 2. The fraction of sp³-hybridized carbons (Fsp3) is 0.419. The first-order chi connectivity index (χ1) is 22.6. The predicted octanol–water partition coefficient (Wildman–Crippen LogP) is 3.68. The van der Waals surface area contributed by atoms with E-state index in [-0.39, 0.29) is 16.5 Å². The average Bonchev–Trinajstić information content (AvgIpc) is 3.48. The molecule has 3 aromatic rings. The molecule has 0 aliphatic carbocycles. The van der Waals surface area contributed by atoms with Crippen LogP contribution in [0.15, 0.2) is 48.7 Å². The average molecular weight is 604 g/mol. The van der Waals surface area contributed by atoms with Crippen molar-refractivity contribution in [2.75, 3.05) is 6.61 Å². The van der Waals surface area contributed by atoms with Crippen LogP contribution < -0.4 is 0 Å². The third kappa shape index (κ3) is 7.03. The van der Waals surface area contributed by atoms with Gasteiger partial charge in [-0.2, -0.15) is 0 Å². The fourth-order valence-corrected chi connectivity index (χ4v) is 5.12. The van der Waals surface area contributed by atoms with Gasteiger partial charge >= 0.3 is 23.9 Å². The molecule has 1 aliphatic heterocycles. The van der Waals surface area contributed by atoms with E-state index in [2.05, 4.69) is 0 Å². The Hall–Kier alpha value is -4.29. The normalized spacial score (nSPS) is 23.7. The summed E-state index contributed by atoms with van der Waals surface area (Å²) in [6, 6.07) is 11.1. The van der Waals surface area contributed by atoms with Crippen LogP contribution in [0.5, 0.6) is 0 Å². The van der Waals surface area contributed by atoms with Gasteiger partial charge in [-0.25, -0.2) is 4.39 Å². The SMILES string of the molecule is [2H]CC(=O)OC[C@H]1OC(n2cc(C(O)c3ccc(CC)cc3)c3c(F)cccc32)[C@H](OC(=O)C[2H])[C@@H](OC(=O)C[2H])[C@@H]1OC(=O)C[2H]. The highest BCUT2D eigenvalue weighted by molar-refractivity contribution is 5.85. The van der Waals surface area contributed by atoms with Crippen molar-refractivity contribution in [3.05, 3.63) is 71.2 Å². The molecule has 2 aromatic carbocycles. The topological polar surface area (TPSA) is 140 Å². The van der Waals surface area contributed by atoms with Crippen LogP contribution in [0.3, 0.4) is 0 Å². The van der Waals surface area contributed by atoms with Gasteiger partial charge < -0.3 is 33.4 Å². The third-order valence-electron chi connectivity index (χ3n) is 6.93. The van der Waals surface area contributed by atoms with Gasteiger partial charge in [-0.15, -0.1) is 0 Å². The Labute approximate surface area is 253 Å². The maximum absolute atomic E-state index is 15.5. The van der Waals surface area contributed by atoms with E-state index in [0.717, 1.165) is 12.0 Å². The molecule has 43 heavy (non-hydrogen) atoms. The van der Waals surface area contributed by atoms with Gasteiger partial charge in [0.25, 0.3) is 0 Å². The van der Waals surface area contributed by atoms with Gasteiger partial charge in [-0.05, 0) is 29.7 Å². The molecule has 1 saturated heterocycles. The van der Waals surface area contributed by atoms with Gasteiger partial charge in [-0.1, -0.05) is 37.3 Å². The van der Waals surface area contributed by atoms with Crippen LogP contribution in [0.25, 0.3) is 10.9 Å². The number of ether oxygens (including phenoxy) is 5. The number of fused-ring (bicyclic) bond motifs is 1. The second-order valence-corrected chi connectivity index (χ2v) is 9.73. The van der Waals surface area contributed by atoms with Crippen LogP contribution in [-0.2, 0) is 49.3 Å². The summed E-state index contributed by atoms with van der Waals surface area (Å²) in [6.45, 7) is -2.12. The van der Waals surface area contributed by atoms with E-state index in [1.807, 2.05) is 19.1 Å². The molecule has 12 heteroatoms. The van der Waals surface area contributed by atoms with Gasteiger partial charge in [0.2, 0.25) is 0 Å². The van der Waals surface area contributed by atoms with Gasteiger partial charge in [0.1, 0.15) is 24.6 Å². The molecule has 1 fully saturated rings. The van der Waals surface area contributed by atoms with Crippen LogP contribution in [0.1, 0.15) is 69.0 Å². The molecule has 6 atom stereocenters. The lowest BCUT2D eigenvalue weighted by molar-refractivity contribution is -0.267. The van der Waals surface area contributed by atoms with E-state index in [1.165, 1.54) is 29.0 Å². The van der Waals surface area contributed by atoms with Gasteiger partial charge in [-0.3, -0.25) is 19.2 Å². The number of halogens is 1. The van der Waals surface area contributed by atoms with Crippen LogP contribution in [0.2, 0.25) is 0 Å². The summed E-state index contributed by atoms with van der Waals surface area (Å²) in [4.78, 5) is 49.3. The van der Waals surface area contributed by atoms with E-state index in [9.17, 15) is 24.3 Å². The van der Waals surface area contributed by atoms with Crippen molar-refractivity contribution in [2.45, 2.75) is 77.7 Å². The Morgan fingerprint density at radius 1 is 0.930 bits per heavy atom. The predicted molar refractivity (Wildman–Crippen MR) is 149 cm³/mol. The standard InChI is InChI=1S/C31H34FNO10/c1-6-20-10-12-21(13-11-20)27(38)22-14-33(24-9-7-8-23(32)26(22)24)31-30(42-19(5)37)29(41-18(4)36)28(40-17(3)35)25(43-31)15-39-16(2)34/h7-14,25,27-31,38H,6,15H2,1-5H3/t25-,27?,28-,29+,30-,31?/m1/s1/i2D,3D,4D,5D. The molecule has 2 unspecified atom stereocenters. The second kappa shape index (κ2) is 13.3. The summed E-state index contributed by atoms with van der Waals surface area (Å²) in [5.74, 6) is -5.05. The Bertz CT molecular complexity index is 1590. The number of aryl methyl sites for hydroxylation is 1. The number of aromatic nitrogens is 1. The van der Waals surface area contributed by atoms with Gasteiger partial charge in [0.05, 0.1) is 5.52 Å². The van der Waals surface area contributed by atoms with Gasteiger partial charge in [0, 0.05) is 50.2 Å². The number of hydrogen-bond donors (Lipinski definition) is 1. The number of carbonyl (C=O) groups excluding carboxylic acids is 4. The number of aliphatic hydroxyl groups excluding tert-OH is 1. The maximum Gasteiger partial charge on any atom is 0.303 e. The zero-order chi connectivity index (χ0) is 34.2. The molecule has 0 amide bonds. The first kappa shape index (κ1) is 26.3. The third-order valence-corrected chi connectivity index (χ3v) is 6.93. The molecule has 2 heterocycles. The molecule has 230 valence electrons. The first-order valence-corrected chi connectivity index (χ1v) is 13.2. The molecule has 4 rings (SSSR count). The van der Waals surface area contributed by atoms with E-state index >= 15 is 4.39 Å². The van der Waals surface area contributed by atoms with Crippen LogP contribution in [0, 0.1) is 5.82 Å². The molecule has 0 spiro atoms. The lowest BCUT2D eigenvalue weighted by atomic mass is 9.97. The summed E-state index contributed by atoms with van der Waals surface area (Å²) in [7, 11) is 0. The summed E-state index contributed by atoms with van der Waals surface area (Å²) < 4.78 is 74.2. The van der Waals surface area contributed by atoms with Crippen LogP contribution in [-0.4, -0.2) is 64.6 Å². The molecule has 0 radical (unpaired) electrons. The number of aliphatic hydroxyl groups is 1. The number of rotatable bonds is 9. The summed E-state index contributed by atoms with van der Waals surface area (Å²) >= 11 is 0. The van der Waals surface area contributed by atoms with E-state index in [4.69, 9.17) is 29.2 Å². The van der Waals surface area contributed by atoms with Crippen molar-refractivity contribution >= 4 is 34.8 Å². The summed E-state index contributed by atoms with van der Waals surface area (Å²) in [5.41, 5.74) is 1.68. The van der Waals surface area contributed by atoms with Crippen molar-refractivity contribution in [3.8, 4) is 0 Å².